The average molecular weight is 356 g/mol. The van der Waals surface area contributed by atoms with Crippen LogP contribution < -0.4 is 0 Å². The molecule has 0 saturated carbocycles. The maximum Gasteiger partial charge on any atom is 0.375 e. The molecule has 5 nitrogen and oxygen atoms in total. The number of ether oxygens (including phenoxy) is 2. The monoisotopic (exact) mass is 356 g/mol. The van der Waals surface area contributed by atoms with Crippen LogP contribution in [0.2, 0.25) is 0 Å². The van der Waals surface area contributed by atoms with Crippen molar-refractivity contribution in [2.75, 3.05) is 13.2 Å². The third-order valence-electron chi connectivity index (χ3n) is 3.82. The number of esters is 1. The molecule has 0 aliphatic rings. The topological polar surface area (TPSA) is 65.7 Å². The number of hydrogen-bond acceptors (Lipinski definition) is 5. The first-order valence-corrected chi connectivity index (χ1v) is 8.14. The van der Waals surface area contributed by atoms with Crippen LogP contribution in [0, 0.1) is 5.82 Å². The van der Waals surface area contributed by atoms with Gasteiger partial charge in [0.15, 0.2) is 12.4 Å². The minimum atomic E-state index is -0.763. The zero-order valence-corrected chi connectivity index (χ0v) is 14.2. The van der Waals surface area contributed by atoms with Crippen LogP contribution in [-0.2, 0) is 16.1 Å². The van der Waals surface area contributed by atoms with Gasteiger partial charge < -0.3 is 13.9 Å². The molecule has 0 spiro atoms. The molecule has 26 heavy (non-hydrogen) atoms. The van der Waals surface area contributed by atoms with E-state index in [2.05, 4.69) is 0 Å². The lowest BCUT2D eigenvalue weighted by Crippen LogP contribution is -2.15. The summed E-state index contributed by atoms with van der Waals surface area (Å²) in [6.07, 6.45) is 0. The average Bonchev–Trinajstić information content (AvgIpc) is 3.02. The minimum Gasteiger partial charge on any atom is -0.451 e. The molecule has 0 unspecified atom stereocenters. The summed E-state index contributed by atoms with van der Waals surface area (Å²) < 4.78 is 29.3. The van der Waals surface area contributed by atoms with Crippen LogP contribution in [0.25, 0.3) is 11.0 Å². The van der Waals surface area contributed by atoms with Gasteiger partial charge in [-0.1, -0.05) is 30.3 Å². The van der Waals surface area contributed by atoms with Crippen LogP contribution in [-0.4, -0.2) is 25.0 Å². The first kappa shape index (κ1) is 17.8. The molecule has 1 heterocycles. The van der Waals surface area contributed by atoms with Gasteiger partial charge in [-0.2, -0.15) is 0 Å². The molecule has 0 saturated heterocycles. The summed E-state index contributed by atoms with van der Waals surface area (Å²) in [6, 6.07) is 12.4. The van der Waals surface area contributed by atoms with Gasteiger partial charge in [0, 0.05) is 23.1 Å². The van der Waals surface area contributed by atoms with Gasteiger partial charge in [0.05, 0.1) is 6.61 Å². The van der Waals surface area contributed by atoms with E-state index >= 15 is 0 Å². The maximum atomic E-state index is 13.2. The number of furan rings is 1. The number of hydrogen-bond donors (Lipinski definition) is 0. The van der Waals surface area contributed by atoms with Gasteiger partial charge in [-0.05, 0) is 25.1 Å². The minimum absolute atomic E-state index is 0.00620. The van der Waals surface area contributed by atoms with Crippen molar-refractivity contribution in [3.8, 4) is 0 Å². The molecule has 134 valence electrons. The standard InChI is InChI=1S/C20H17FO5/c1-2-24-11-16-15-8-3-4-9-18(15)26-19(16)20(23)25-12-17(22)13-6-5-7-14(21)10-13/h3-10H,2,11-12H2,1H3. The largest absolute Gasteiger partial charge is 0.451 e. The highest BCUT2D eigenvalue weighted by atomic mass is 19.1. The Morgan fingerprint density at radius 1 is 1.12 bits per heavy atom. The number of halogens is 1. The number of benzene rings is 2. The molecule has 2 aromatic carbocycles. The number of ketones is 1. The van der Waals surface area contributed by atoms with Gasteiger partial charge >= 0.3 is 5.97 Å². The Morgan fingerprint density at radius 3 is 2.69 bits per heavy atom. The van der Waals surface area contributed by atoms with E-state index < -0.39 is 24.2 Å². The van der Waals surface area contributed by atoms with Crippen molar-refractivity contribution in [3.63, 3.8) is 0 Å². The highest BCUT2D eigenvalue weighted by molar-refractivity contribution is 6.00. The van der Waals surface area contributed by atoms with E-state index in [-0.39, 0.29) is 17.9 Å². The van der Waals surface area contributed by atoms with Crippen molar-refractivity contribution in [3.05, 3.63) is 71.2 Å². The molecule has 0 N–H and O–H groups in total. The molecule has 3 rings (SSSR count). The molecule has 3 aromatic rings. The maximum absolute atomic E-state index is 13.2. The fourth-order valence-corrected chi connectivity index (χ4v) is 2.55. The van der Waals surface area contributed by atoms with Gasteiger partial charge in [0.2, 0.25) is 5.76 Å². The fraction of sp³-hybridized carbons (Fsp3) is 0.200. The second-order valence-electron chi connectivity index (χ2n) is 5.55. The van der Waals surface area contributed by atoms with E-state index in [0.29, 0.717) is 17.8 Å². The van der Waals surface area contributed by atoms with Crippen LogP contribution in [0.15, 0.2) is 52.9 Å². The lowest BCUT2D eigenvalue weighted by molar-refractivity contribution is 0.0439. The van der Waals surface area contributed by atoms with Gasteiger partial charge in [-0.25, -0.2) is 9.18 Å². The fourth-order valence-electron chi connectivity index (χ4n) is 2.55. The predicted octanol–water partition coefficient (Wildman–Crippen LogP) is 4.15. The first-order chi connectivity index (χ1) is 12.6. The van der Waals surface area contributed by atoms with Crippen LogP contribution >= 0.6 is 0 Å². The molecule has 0 aliphatic heterocycles. The number of para-hydroxylation sites is 1. The molecule has 0 aliphatic carbocycles. The van der Waals surface area contributed by atoms with Crippen molar-refractivity contribution < 1.29 is 27.9 Å². The number of Topliss-reactive ketones (excluding diaryl/α,β-unsaturated/α-hetero) is 1. The van der Waals surface area contributed by atoms with Crippen LogP contribution in [0.5, 0.6) is 0 Å². The first-order valence-electron chi connectivity index (χ1n) is 8.14. The Morgan fingerprint density at radius 2 is 1.92 bits per heavy atom. The lowest BCUT2D eigenvalue weighted by Gasteiger charge is -2.05. The van der Waals surface area contributed by atoms with Crippen LogP contribution in [0.3, 0.4) is 0 Å². The lowest BCUT2D eigenvalue weighted by atomic mass is 10.1. The van der Waals surface area contributed by atoms with Crippen LogP contribution in [0.4, 0.5) is 4.39 Å². The quantitative estimate of drug-likeness (QED) is 0.470. The molecule has 0 amide bonds. The Bertz CT molecular complexity index is 944. The third-order valence-corrected chi connectivity index (χ3v) is 3.82. The SMILES string of the molecule is CCOCc1c(C(=O)OCC(=O)c2cccc(F)c2)oc2ccccc12. The van der Waals surface area contributed by atoms with Gasteiger partial charge in [-0.3, -0.25) is 4.79 Å². The zero-order valence-electron chi connectivity index (χ0n) is 14.2. The molecule has 6 heteroatoms. The van der Waals surface area contributed by atoms with Crippen molar-refractivity contribution >= 4 is 22.7 Å². The van der Waals surface area contributed by atoms with Crippen molar-refractivity contribution in [1.82, 2.24) is 0 Å². The van der Waals surface area contributed by atoms with E-state index in [9.17, 15) is 14.0 Å². The van der Waals surface area contributed by atoms with Gasteiger partial charge in [0.25, 0.3) is 0 Å². The summed E-state index contributed by atoms with van der Waals surface area (Å²) in [6.45, 7) is 2.01. The van der Waals surface area contributed by atoms with E-state index in [1.165, 1.54) is 18.2 Å². The Kier molecular flexibility index (Phi) is 5.43. The smallest absolute Gasteiger partial charge is 0.375 e. The molecular formula is C20H17FO5. The molecule has 1 aromatic heterocycles. The van der Waals surface area contributed by atoms with E-state index in [4.69, 9.17) is 13.9 Å². The van der Waals surface area contributed by atoms with Crippen molar-refractivity contribution in [2.45, 2.75) is 13.5 Å². The zero-order chi connectivity index (χ0) is 18.5. The number of rotatable bonds is 7. The normalized spacial score (nSPS) is 10.8. The Balaban J connectivity index is 1.78. The highest BCUT2D eigenvalue weighted by Crippen LogP contribution is 2.27. The summed E-state index contributed by atoms with van der Waals surface area (Å²) in [5, 5.41) is 0.754. The highest BCUT2D eigenvalue weighted by Gasteiger charge is 2.22. The summed E-state index contributed by atoms with van der Waals surface area (Å²) in [4.78, 5) is 24.5. The molecule has 0 bridgehead atoms. The molecule has 0 radical (unpaired) electrons. The summed E-state index contributed by atoms with van der Waals surface area (Å²) in [7, 11) is 0. The third kappa shape index (κ3) is 3.81. The molecule has 0 fully saturated rings. The molecule has 0 atom stereocenters. The Labute approximate surface area is 149 Å². The second-order valence-corrected chi connectivity index (χ2v) is 5.55. The number of carbonyl (C=O) groups excluding carboxylic acids is 2. The Hall–Kier alpha value is -2.99. The molecular weight excluding hydrogens is 339 g/mol. The van der Waals surface area contributed by atoms with Gasteiger partial charge in [-0.15, -0.1) is 0 Å². The number of carbonyl (C=O) groups is 2. The van der Waals surface area contributed by atoms with E-state index in [1.807, 2.05) is 19.1 Å². The summed E-state index contributed by atoms with van der Waals surface area (Å²) in [5.41, 5.74) is 1.24. The summed E-state index contributed by atoms with van der Waals surface area (Å²) >= 11 is 0. The van der Waals surface area contributed by atoms with Gasteiger partial charge in [0.1, 0.15) is 11.4 Å². The van der Waals surface area contributed by atoms with E-state index in [0.717, 1.165) is 11.5 Å². The van der Waals surface area contributed by atoms with Crippen molar-refractivity contribution in [1.29, 1.82) is 0 Å². The number of fused-ring (bicyclic) bond motifs is 1. The summed E-state index contributed by atoms with van der Waals surface area (Å²) in [5.74, 6) is -1.79. The van der Waals surface area contributed by atoms with Crippen molar-refractivity contribution in [2.24, 2.45) is 0 Å². The van der Waals surface area contributed by atoms with E-state index in [1.54, 1.807) is 12.1 Å². The second kappa shape index (κ2) is 7.93. The predicted molar refractivity (Wildman–Crippen MR) is 92.6 cm³/mol. The van der Waals surface area contributed by atoms with Crippen LogP contribution in [0.1, 0.15) is 33.4 Å².